The van der Waals surface area contributed by atoms with E-state index in [4.69, 9.17) is 5.11 Å². The van der Waals surface area contributed by atoms with E-state index in [0.717, 1.165) is 11.3 Å². The molecule has 8 nitrogen and oxygen atoms in total. The Morgan fingerprint density at radius 3 is 2.82 bits per heavy atom. The van der Waals surface area contributed by atoms with Crippen molar-refractivity contribution in [3.05, 3.63) is 16.6 Å². The van der Waals surface area contributed by atoms with Gasteiger partial charge in [-0.15, -0.1) is 11.3 Å². The van der Waals surface area contributed by atoms with Crippen LogP contribution in [0.2, 0.25) is 0 Å². The Labute approximate surface area is 99.0 Å². The number of aromatic nitrogens is 1. The molecule has 90 valence electrons. The third-order valence-corrected chi connectivity index (χ3v) is 3.18. The second kappa shape index (κ2) is 4.01. The summed E-state index contributed by atoms with van der Waals surface area (Å²) in [5.41, 5.74) is -1.45. The fourth-order valence-electron chi connectivity index (χ4n) is 1.48. The van der Waals surface area contributed by atoms with Crippen LogP contribution in [0.25, 0.3) is 0 Å². The van der Waals surface area contributed by atoms with Crippen LogP contribution in [0.4, 0.5) is 9.59 Å². The second-order valence-corrected chi connectivity index (χ2v) is 4.20. The Kier molecular flexibility index (Phi) is 2.68. The highest BCUT2D eigenvalue weighted by atomic mass is 32.1. The first kappa shape index (κ1) is 11.3. The third kappa shape index (κ3) is 1.91. The number of carbonyl (C=O) groups is 3. The Morgan fingerprint density at radius 2 is 2.35 bits per heavy atom. The van der Waals surface area contributed by atoms with Crippen LogP contribution in [-0.2, 0) is 10.3 Å². The van der Waals surface area contributed by atoms with E-state index in [1.54, 1.807) is 5.38 Å². The molecule has 0 radical (unpaired) electrons. The summed E-state index contributed by atoms with van der Waals surface area (Å²) in [6, 6.07) is -0.669. The molecule has 0 bridgehead atoms. The third-order valence-electron chi connectivity index (χ3n) is 2.24. The molecule has 2 rings (SSSR count). The Hall–Kier alpha value is -2.16. The molecular weight excluding hydrogens is 248 g/mol. The van der Waals surface area contributed by atoms with Crippen LogP contribution in [0.1, 0.15) is 5.01 Å². The lowest BCUT2D eigenvalue weighted by Gasteiger charge is -2.22. The Bertz CT molecular complexity index is 474. The summed E-state index contributed by atoms with van der Waals surface area (Å²) in [4.78, 5) is 37.4. The molecule has 1 aromatic heterocycles. The fraction of sp³-hybridized carbons (Fsp3) is 0.250. The van der Waals surface area contributed by atoms with Gasteiger partial charge < -0.3 is 15.7 Å². The van der Waals surface area contributed by atoms with E-state index in [-0.39, 0.29) is 6.54 Å². The normalized spacial score (nSPS) is 23.1. The number of hydrogen-bond acceptors (Lipinski definition) is 5. The minimum Gasteiger partial charge on any atom is -0.465 e. The predicted molar refractivity (Wildman–Crippen MR) is 56.5 cm³/mol. The van der Waals surface area contributed by atoms with Crippen molar-refractivity contribution in [2.24, 2.45) is 0 Å². The molecule has 4 amide bonds. The van der Waals surface area contributed by atoms with Crippen molar-refractivity contribution in [3.63, 3.8) is 0 Å². The molecule has 1 atom stereocenters. The molecule has 1 aliphatic rings. The molecule has 17 heavy (non-hydrogen) atoms. The number of urea groups is 1. The average molecular weight is 256 g/mol. The number of thiazole rings is 1. The van der Waals surface area contributed by atoms with Gasteiger partial charge >= 0.3 is 12.1 Å². The van der Waals surface area contributed by atoms with Crippen LogP contribution in [0.3, 0.4) is 0 Å². The smallest absolute Gasteiger partial charge is 0.404 e. The quantitative estimate of drug-likeness (QED) is 0.540. The maximum atomic E-state index is 11.8. The zero-order valence-electron chi connectivity index (χ0n) is 8.39. The molecule has 1 fully saturated rings. The Morgan fingerprint density at radius 1 is 1.59 bits per heavy atom. The lowest BCUT2D eigenvalue weighted by atomic mass is 10.0. The van der Waals surface area contributed by atoms with Crippen molar-refractivity contribution in [2.45, 2.75) is 5.54 Å². The SMILES string of the molecule is O=C(O)NCC1(c2nccs2)NC(=O)NC1=O. The first-order valence-corrected chi connectivity index (χ1v) is 5.43. The van der Waals surface area contributed by atoms with Crippen LogP contribution in [0, 0.1) is 0 Å². The fourth-order valence-corrected chi connectivity index (χ4v) is 2.27. The molecule has 0 aromatic carbocycles. The summed E-state index contributed by atoms with van der Waals surface area (Å²) in [5.74, 6) is -0.619. The van der Waals surface area contributed by atoms with Crippen molar-refractivity contribution in [1.82, 2.24) is 20.9 Å². The minimum absolute atomic E-state index is 0.270. The first-order chi connectivity index (χ1) is 8.04. The van der Waals surface area contributed by atoms with E-state index in [1.165, 1.54) is 6.20 Å². The van der Waals surface area contributed by atoms with E-state index < -0.39 is 23.6 Å². The molecule has 1 aromatic rings. The van der Waals surface area contributed by atoms with E-state index in [1.807, 2.05) is 0 Å². The van der Waals surface area contributed by atoms with Gasteiger partial charge in [0.25, 0.3) is 5.91 Å². The van der Waals surface area contributed by atoms with Gasteiger partial charge in [0, 0.05) is 11.6 Å². The van der Waals surface area contributed by atoms with Crippen molar-refractivity contribution in [2.75, 3.05) is 6.54 Å². The standard InChI is InChI=1S/C8H8N4O4S/c13-4-8(3-10-7(15)16,12-6(14)11-4)5-9-1-2-17-5/h1-2,10H,3H2,(H,15,16)(H2,11,12,13,14). The number of carbonyl (C=O) groups excluding carboxylic acids is 2. The maximum absolute atomic E-state index is 11.8. The highest BCUT2D eigenvalue weighted by Gasteiger charge is 2.50. The van der Waals surface area contributed by atoms with Crippen LogP contribution in [-0.4, -0.2) is 34.7 Å². The van der Waals surface area contributed by atoms with Crippen molar-refractivity contribution in [3.8, 4) is 0 Å². The van der Waals surface area contributed by atoms with Gasteiger partial charge in [0.1, 0.15) is 5.01 Å². The minimum atomic E-state index is -1.45. The molecule has 0 spiro atoms. The molecule has 0 aliphatic carbocycles. The van der Waals surface area contributed by atoms with Gasteiger partial charge in [-0.1, -0.05) is 0 Å². The lowest BCUT2D eigenvalue weighted by molar-refractivity contribution is -0.124. The number of nitrogens with zero attached hydrogens (tertiary/aromatic N) is 1. The van der Waals surface area contributed by atoms with Gasteiger partial charge in [-0.2, -0.15) is 0 Å². The number of rotatable bonds is 3. The predicted octanol–water partition coefficient (Wildman–Crippen LogP) is -0.555. The number of amides is 4. The summed E-state index contributed by atoms with van der Waals surface area (Å²) in [7, 11) is 0. The van der Waals surface area contributed by atoms with Gasteiger partial charge in [-0.3, -0.25) is 10.1 Å². The number of hydrogen-bond donors (Lipinski definition) is 4. The molecule has 4 N–H and O–H groups in total. The largest absolute Gasteiger partial charge is 0.465 e. The second-order valence-electron chi connectivity index (χ2n) is 3.31. The molecular formula is C8H8N4O4S. The molecule has 1 saturated heterocycles. The summed E-state index contributed by atoms with van der Waals surface area (Å²) in [6.45, 7) is -0.270. The highest BCUT2D eigenvalue weighted by Crippen LogP contribution is 2.26. The average Bonchev–Trinajstić information content (AvgIpc) is 2.84. The Balaban J connectivity index is 2.33. The van der Waals surface area contributed by atoms with Crippen molar-refractivity contribution >= 4 is 29.4 Å². The first-order valence-electron chi connectivity index (χ1n) is 4.55. The maximum Gasteiger partial charge on any atom is 0.404 e. The van der Waals surface area contributed by atoms with Gasteiger partial charge in [0.15, 0.2) is 5.54 Å². The zero-order chi connectivity index (χ0) is 12.5. The molecule has 0 saturated carbocycles. The van der Waals surface area contributed by atoms with E-state index >= 15 is 0 Å². The van der Waals surface area contributed by atoms with Crippen LogP contribution in [0.5, 0.6) is 0 Å². The number of imide groups is 1. The topological polar surface area (TPSA) is 120 Å². The molecule has 2 heterocycles. The zero-order valence-corrected chi connectivity index (χ0v) is 9.21. The van der Waals surface area contributed by atoms with Gasteiger partial charge in [0.2, 0.25) is 0 Å². The number of carboxylic acid groups (broad SMARTS) is 1. The molecule has 1 aliphatic heterocycles. The monoisotopic (exact) mass is 256 g/mol. The van der Waals surface area contributed by atoms with Gasteiger partial charge in [-0.25, -0.2) is 14.6 Å². The van der Waals surface area contributed by atoms with Crippen LogP contribution >= 0.6 is 11.3 Å². The molecule has 1 unspecified atom stereocenters. The van der Waals surface area contributed by atoms with Crippen LogP contribution < -0.4 is 16.0 Å². The van der Waals surface area contributed by atoms with Gasteiger partial charge in [0.05, 0.1) is 6.54 Å². The number of nitrogens with one attached hydrogen (secondary N) is 3. The van der Waals surface area contributed by atoms with E-state index in [9.17, 15) is 14.4 Å². The summed E-state index contributed by atoms with van der Waals surface area (Å²) in [6.07, 6.45) is 0.190. The van der Waals surface area contributed by atoms with Crippen molar-refractivity contribution < 1.29 is 19.5 Å². The van der Waals surface area contributed by atoms with E-state index in [2.05, 4.69) is 20.9 Å². The highest BCUT2D eigenvalue weighted by molar-refractivity contribution is 7.09. The summed E-state index contributed by atoms with van der Waals surface area (Å²) < 4.78 is 0. The lowest BCUT2D eigenvalue weighted by Crippen LogP contribution is -2.52. The van der Waals surface area contributed by atoms with Gasteiger partial charge in [-0.05, 0) is 0 Å². The van der Waals surface area contributed by atoms with Crippen molar-refractivity contribution in [1.29, 1.82) is 0 Å². The summed E-state index contributed by atoms with van der Waals surface area (Å²) in [5, 5.41) is 17.1. The van der Waals surface area contributed by atoms with Crippen LogP contribution in [0.15, 0.2) is 11.6 Å². The summed E-state index contributed by atoms with van der Waals surface area (Å²) >= 11 is 1.16. The molecule has 9 heteroatoms. The van der Waals surface area contributed by atoms with E-state index in [0.29, 0.717) is 5.01 Å².